The zero-order valence-electron chi connectivity index (χ0n) is 9.66. The topological polar surface area (TPSA) is 32.9 Å². The van der Waals surface area contributed by atoms with Gasteiger partial charge in [-0.15, -0.1) is 11.3 Å². The van der Waals surface area contributed by atoms with Gasteiger partial charge >= 0.3 is 0 Å². The summed E-state index contributed by atoms with van der Waals surface area (Å²) in [5, 5.41) is 0.952. The first-order valence-electron chi connectivity index (χ1n) is 5.53. The highest BCUT2D eigenvalue weighted by Gasteiger charge is 2.17. The van der Waals surface area contributed by atoms with Crippen molar-refractivity contribution in [2.45, 2.75) is 6.92 Å². The van der Waals surface area contributed by atoms with E-state index >= 15 is 0 Å². The largest absolute Gasteiger partial charge is 0.360 e. The third-order valence-corrected chi connectivity index (χ3v) is 4.52. The number of nitrogens with one attached hydrogen (secondary N) is 1. The van der Waals surface area contributed by atoms with Crippen molar-refractivity contribution in [2.24, 2.45) is 0 Å². The zero-order chi connectivity index (χ0) is 12.7. The molecule has 1 aromatic carbocycles. The molecule has 0 bridgehead atoms. The van der Waals surface area contributed by atoms with Gasteiger partial charge < -0.3 is 4.98 Å². The summed E-state index contributed by atoms with van der Waals surface area (Å²) >= 11 is 5.03. The van der Waals surface area contributed by atoms with Crippen LogP contribution in [0.4, 0.5) is 0 Å². The molecule has 0 fully saturated rings. The van der Waals surface area contributed by atoms with E-state index in [2.05, 4.69) is 20.9 Å². The van der Waals surface area contributed by atoms with E-state index in [1.807, 2.05) is 37.3 Å². The number of halogens is 1. The molecule has 2 heterocycles. The zero-order valence-corrected chi connectivity index (χ0v) is 12.1. The SMILES string of the molecule is Cc1ccc(C(=O)c2c[nH]c3cccc(Br)c23)s1. The Morgan fingerprint density at radius 3 is 2.83 bits per heavy atom. The van der Waals surface area contributed by atoms with Gasteiger partial charge in [0.25, 0.3) is 0 Å². The molecule has 0 aliphatic heterocycles. The maximum absolute atomic E-state index is 12.5. The molecular weight excluding hydrogens is 310 g/mol. The van der Waals surface area contributed by atoms with Gasteiger partial charge in [0.1, 0.15) is 0 Å². The first kappa shape index (κ1) is 11.7. The lowest BCUT2D eigenvalue weighted by Crippen LogP contribution is -1.97. The number of hydrogen-bond donors (Lipinski definition) is 1. The maximum Gasteiger partial charge on any atom is 0.205 e. The third kappa shape index (κ3) is 1.82. The summed E-state index contributed by atoms with van der Waals surface area (Å²) in [6, 6.07) is 9.73. The number of fused-ring (bicyclic) bond motifs is 1. The molecule has 0 aliphatic carbocycles. The molecule has 0 saturated heterocycles. The van der Waals surface area contributed by atoms with E-state index in [0.717, 1.165) is 30.7 Å². The summed E-state index contributed by atoms with van der Waals surface area (Å²) < 4.78 is 0.942. The molecule has 0 amide bonds. The minimum absolute atomic E-state index is 0.0752. The number of aromatic amines is 1. The second-order valence-corrected chi connectivity index (χ2v) is 6.25. The molecule has 90 valence electrons. The van der Waals surface area contributed by atoms with Crippen molar-refractivity contribution in [3.63, 3.8) is 0 Å². The summed E-state index contributed by atoms with van der Waals surface area (Å²) in [5.74, 6) is 0.0752. The van der Waals surface area contributed by atoms with Gasteiger partial charge in [0.05, 0.1) is 4.88 Å². The Morgan fingerprint density at radius 1 is 1.28 bits per heavy atom. The van der Waals surface area contributed by atoms with Crippen LogP contribution in [0.3, 0.4) is 0 Å². The molecule has 3 aromatic rings. The molecule has 3 rings (SSSR count). The Labute approximate surface area is 117 Å². The number of carbonyl (C=O) groups is 1. The summed E-state index contributed by atoms with van der Waals surface area (Å²) in [6.45, 7) is 2.01. The van der Waals surface area contributed by atoms with Crippen LogP contribution in [0.5, 0.6) is 0 Å². The van der Waals surface area contributed by atoms with E-state index in [0.29, 0.717) is 0 Å². The fraction of sp³-hybridized carbons (Fsp3) is 0.0714. The van der Waals surface area contributed by atoms with E-state index in [1.54, 1.807) is 6.20 Å². The Kier molecular flexibility index (Phi) is 2.84. The molecular formula is C14H10BrNOS. The van der Waals surface area contributed by atoms with Crippen molar-refractivity contribution in [1.82, 2.24) is 4.98 Å². The number of hydrogen-bond acceptors (Lipinski definition) is 2. The minimum Gasteiger partial charge on any atom is -0.360 e. The van der Waals surface area contributed by atoms with Crippen molar-refractivity contribution in [3.8, 4) is 0 Å². The van der Waals surface area contributed by atoms with Gasteiger partial charge in [-0.2, -0.15) is 0 Å². The van der Waals surface area contributed by atoms with Crippen LogP contribution in [-0.2, 0) is 0 Å². The highest BCUT2D eigenvalue weighted by molar-refractivity contribution is 9.10. The standard InChI is InChI=1S/C14H10BrNOS/c1-8-5-6-12(18-8)14(17)9-7-16-11-4-2-3-10(15)13(9)11/h2-7,16H,1H3. The first-order chi connectivity index (χ1) is 8.66. The average Bonchev–Trinajstić information content (AvgIpc) is 2.95. The normalized spacial score (nSPS) is 11.0. The molecule has 0 atom stereocenters. The smallest absolute Gasteiger partial charge is 0.205 e. The minimum atomic E-state index is 0.0752. The Morgan fingerprint density at radius 2 is 2.11 bits per heavy atom. The van der Waals surface area contributed by atoms with E-state index in [1.165, 1.54) is 11.3 Å². The Balaban J connectivity index is 2.18. The fourth-order valence-corrected chi connectivity index (χ4v) is 3.41. The lowest BCUT2D eigenvalue weighted by atomic mass is 10.1. The Bertz CT molecular complexity index is 741. The van der Waals surface area contributed by atoms with Crippen molar-refractivity contribution < 1.29 is 4.79 Å². The molecule has 1 N–H and O–H groups in total. The van der Waals surface area contributed by atoms with E-state index in [4.69, 9.17) is 0 Å². The predicted octanol–water partition coefficient (Wildman–Crippen LogP) is 4.53. The van der Waals surface area contributed by atoms with Gasteiger partial charge in [-0.3, -0.25) is 4.79 Å². The van der Waals surface area contributed by atoms with Crippen LogP contribution in [0.15, 0.2) is 41.0 Å². The second-order valence-electron chi connectivity index (χ2n) is 4.10. The number of ketones is 1. The number of rotatable bonds is 2. The molecule has 2 aromatic heterocycles. The van der Waals surface area contributed by atoms with Gasteiger partial charge in [-0.05, 0) is 31.2 Å². The van der Waals surface area contributed by atoms with Crippen LogP contribution in [0.25, 0.3) is 10.9 Å². The summed E-state index contributed by atoms with van der Waals surface area (Å²) in [6.07, 6.45) is 1.78. The quantitative estimate of drug-likeness (QED) is 0.691. The van der Waals surface area contributed by atoms with E-state index in [-0.39, 0.29) is 5.78 Å². The lowest BCUT2D eigenvalue weighted by molar-refractivity contribution is 0.104. The van der Waals surface area contributed by atoms with Crippen molar-refractivity contribution in [3.05, 3.63) is 56.3 Å². The lowest BCUT2D eigenvalue weighted by Gasteiger charge is -1.98. The number of thiophene rings is 1. The molecule has 0 unspecified atom stereocenters. The van der Waals surface area contributed by atoms with Gasteiger partial charge in [0, 0.05) is 32.0 Å². The van der Waals surface area contributed by atoms with Gasteiger partial charge in [0.2, 0.25) is 5.78 Å². The number of carbonyl (C=O) groups excluding carboxylic acids is 1. The van der Waals surface area contributed by atoms with Crippen LogP contribution in [0, 0.1) is 6.92 Å². The number of H-pyrrole nitrogens is 1. The van der Waals surface area contributed by atoms with Gasteiger partial charge in [0.15, 0.2) is 0 Å². The molecule has 0 saturated carbocycles. The van der Waals surface area contributed by atoms with Crippen LogP contribution >= 0.6 is 27.3 Å². The molecule has 0 radical (unpaired) electrons. The second kappa shape index (κ2) is 4.37. The summed E-state index contributed by atoms with van der Waals surface area (Å²) in [7, 11) is 0. The number of aryl methyl sites for hydroxylation is 1. The fourth-order valence-electron chi connectivity index (χ4n) is 2.01. The van der Waals surface area contributed by atoms with Gasteiger partial charge in [-0.25, -0.2) is 0 Å². The van der Waals surface area contributed by atoms with Crippen LogP contribution < -0.4 is 0 Å². The van der Waals surface area contributed by atoms with Crippen molar-refractivity contribution >= 4 is 44.0 Å². The maximum atomic E-state index is 12.5. The molecule has 18 heavy (non-hydrogen) atoms. The highest BCUT2D eigenvalue weighted by atomic mass is 79.9. The highest BCUT2D eigenvalue weighted by Crippen LogP contribution is 2.29. The molecule has 2 nitrogen and oxygen atoms in total. The monoisotopic (exact) mass is 319 g/mol. The predicted molar refractivity (Wildman–Crippen MR) is 78.5 cm³/mol. The molecule has 0 aliphatic rings. The Hall–Kier alpha value is -1.39. The van der Waals surface area contributed by atoms with Crippen LogP contribution in [0.2, 0.25) is 0 Å². The van der Waals surface area contributed by atoms with Gasteiger partial charge in [-0.1, -0.05) is 22.0 Å². The first-order valence-corrected chi connectivity index (χ1v) is 7.14. The summed E-state index contributed by atoms with van der Waals surface area (Å²) in [4.78, 5) is 17.5. The molecule has 4 heteroatoms. The van der Waals surface area contributed by atoms with Crippen LogP contribution in [-0.4, -0.2) is 10.8 Å². The molecule has 0 spiro atoms. The average molecular weight is 320 g/mol. The third-order valence-electron chi connectivity index (χ3n) is 2.86. The van der Waals surface area contributed by atoms with Crippen molar-refractivity contribution in [2.75, 3.05) is 0 Å². The summed E-state index contributed by atoms with van der Waals surface area (Å²) in [5.41, 5.74) is 1.69. The number of benzene rings is 1. The van der Waals surface area contributed by atoms with Crippen LogP contribution in [0.1, 0.15) is 20.1 Å². The van der Waals surface area contributed by atoms with Crippen molar-refractivity contribution in [1.29, 1.82) is 0 Å². The number of aromatic nitrogens is 1. The van der Waals surface area contributed by atoms with E-state index < -0.39 is 0 Å². The van der Waals surface area contributed by atoms with E-state index in [9.17, 15) is 4.79 Å².